The molecule has 1 aromatic carbocycles. The van der Waals surface area contributed by atoms with Crippen LogP contribution in [0.3, 0.4) is 0 Å². The standard InChI is InChI=1S/C18H13N3O4S3/c1-28(23,24)13-6-11(4-2-9(13)7-19)25-18-14-12(16(26-18)17(20)22)5-3-10-8-21-27-15(10)14/h2,4,6,8H,3,5H2,1H3,(H2,20,22). The maximum atomic E-state index is 12.0. The number of fused-ring (bicyclic) bond motifs is 3. The van der Waals surface area contributed by atoms with E-state index in [0.29, 0.717) is 16.4 Å². The average molecular weight is 432 g/mol. The van der Waals surface area contributed by atoms with E-state index < -0.39 is 15.7 Å². The van der Waals surface area contributed by atoms with Crippen LogP contribution in [0, 0.1) is 11.3 Å². The van der Waals surface area contributed by atoms with Crippen molar-refractivity contribution in [3.8, 4) is 27.3 Å². The van der Waals surface area contributed by atoms with Gasteiger partial charge in [0.2, 0.25) is 0 Å². The van der Waals surface area contributed by atoms with Crippen molar-refractivity contribution >= 4 is 38.6 Å². The second-order valence-corrected chi connectivity index (χ2v) is 10.0. The number of carbonyl (C=O) groups is 1. The number of benzene rings is 1. The van der Waals surface area contributed by atoms with E-state index in [1.54, 1.807) is 6.20 Å². The first-order chi connectivity index (χ1) is 13.3. The molecular weight excluding hydrogens is 418 g/mol. The molecule has 0 saturated carbocycles. The Morgan fingerprint density at radius 2 is 2.14 bits per heavy atom. The Kier molecular flexibility index (Phi) is 4.45. The third kappa shape index (κ3) is 3.07. The maximum absolute atomic E-state index is 12.0. The van der Waals surface area contributed by atoms with Gasteiger partial charge in [0.05, 0.1) is 25.8 Å². The summed E-state index contributed by atoms with van der Waals surface area (Å²) in [5, 5.41) is 9.62. The fourth-order valence-corrected chi connectivity index (χ4v) is 6.01. The first-order valence-electron chi connectivity index (χ1n) is 8.11. The molecular formula is C18H13N3O4S3. The molecule has 0 unspecified atom stereocenters. The molecule has 2 aromatic heterocycles. The fraction of sp³-hybridized carbons (Fsp3) is 0.167. The maximum Gasteiger partial charge on any atom is 0.259 e. The Bertz CT molecular complexity index is 1270. The van der Waals surface area contributed by atoms with Crippen LogP contribution in [0.4, 0.5) is 0 Å². The zero-order chi connectivity index (χ0) is 20.1. The lowest BCUT2D eigenvalue weighted by Crippen LogP contribution is -2.12. The second-order valence-electron chi connectivity index (χ2n) is 6.26. The average Bonchev–Trinajstić information content (AvgIpc) is 3.25. The number of rotatable bonds is 4. The van der Waals surface area contributed by atoms with E-state index in [0.717, 1.165) is 45.6 Å². The number of hydrogen-bond donors (Lipinski definition) is 1. The van der Waals surface area contributed by atoms with Crippen molar-refractivity contribution in [2.24, 2.45) is 5.73 Å². The summed E-state index contributed by atoms with van der Waals surface area (Å²) in [4.78, 5) is 13.2. The normalized spacial score (nSPS) is 12.7. The number of hydrogen-bond acceptors (Lipinski definition) is 8. The summed E-state index contributed by atoms with van der Waals surface area (Å²) in [6.45, 7) is 0. The summed E-state index contributed by atoms with van der Waals surface area (Å²) >= 11 is 2.45. The van der Waals surface area contributed by atoms with Crippen LogP contribution in [0.5, 0.6) is 10.8 Å². The fourth-order valence-electron chi connectivity index (χ4n) is 3.16. The van der Waals surface area contributed by atoms with Gasteiger partial charge in [-0.3, -0.25) is 4.79 Å². The third-order valence-corrected chi connectivity index (χ3v) is 7.52. The molecule has 7 nitrogen and oxygen atoms in total. The molecule has 0 saturated heterocycles. The molecule has 1 aliphatic carbocycles. The zero-order valence-corrected chi connectivity index (χ0v) is 17.0. The molecule has 2 N–H and O–H groups in total. The Morgan fingerprint density at radius 1 is 1.36 bits per heavy atom. The van der Waals surface area contributed by atoms with Crippen LogP contribution < -0.4 is 10.5 Å². The number of sulfone groups is 1. The highest BCUT2D eigenvalue weighted by atomic mass is 32.2. The number of aromatic nitrogens is 1. The van der Waals surface area contributed by atoms with Gasteiger partial charge in [-0.2, -0.15) is 5.26 Å². The van der Waals surface area contributed by atoms with E-state index in [-0.39, 0.29) is 16.2 Å². The van der Waals surface area contributed by atoms with Gasteiger partial charge in [0.1, 0.15) is 11.8 Å². The van der Waals surface area contributed by atoms with Crippen molar-refractivity contribution in [2.75, 3.05) is 6.26 Å². The largest absolute Gasteiger partial charge is 0.446 e. The van der Waals surface area contributed by atoms with Crippen LogP contribution in [-0.4, -0.2) is 25.0 Å². The van der Waals surface area contributed by atoms with Crippen LogP contribution in [-0.2, 0) is 22.7 Å². The molecule has 4 rings (SSSR count). The van der Waals surface area contributed by atoms with E-state index in [1.165, 1.54) is 29.7 Å². The van der Waals surface area contributed by atoms with Gasteiger partial charge >= 0.3 is 0 Å². The summed E-state index contributed by atoms with van der Waals surface area (Å²) in [6.07, 6.45) is 4.26. The van der Waals surface area contributed by atoms with Crippen LogP contribution in [0.2, 0.25) is 0 Å². The molecule has 0 atom stereocenters. The summed E-state index contributed by atoms with van der Waals surface area (Å²) < 4.78 is 34.2. The quantitative estimate of drug-likeness (QED) is 0.677. The molecule has 2 heterocycles. The van der Waals surface area contributed by atoms with E-state index in [2.05, 4.69) is 4.37 Å². The minimum atomic E-state index is -3.61. The number of aryl methyl sites for hydroxylation is 1. The van der Waals surface area contributed by atoms with E-state index >= 15 is 0 Å². The number of primary amides is 1. The molecule has 28 heavy (non-hydrogen) atoms. The lowest BCUT2D eigenvalue weighted by Gasteiger charge is -2.14. The number of nitrogens with two attached hydrogens (primary N) is 1. The Morgan fingerprint density at radius 3 is 2.82 bits per heavy atom. The van der Waals surface area contributed by atoms with Crippen LogP contribution >= 0.6 is 22.9 Å². The molecule has 10 heteroatoms. The smallest absolute Gasteiger partial charge is 0.259 e. The molecule has 3 aromatic rings. The van der Waals surface area contributed by atoms with Crippen LogP contribution in [0.25, 0.3) is 10.4 Å². The Labute approximate surface area is 169 Å². The number of nitrogens with zero attached hydrogens (tertiary/aromatic N) is 2. The summed E-state index contributed by atoms with van der Waals surface area (Å²) in [6, 6.07) is 6.12. The highest BCUT2D eigenvalue weighted by Gasteiger charge is 2.30. The molecule has 142 valence electrons. The number of ether oxygens (including phenoxy) is 1. The molecule has 0 bridgehead atoms. The van der Waals surface area contributed by atoms with Gasteiger partial charge in [0, 0.05) is 18.5 Å². The Balaban J connectivity index is 1.85. The van der Waals surface area contributed by atoms with Crippen molar-refractivity contribution in [3.63, 3.8) is 0 Å². The predicted molar refractivity (Wildman–Crippen MR) is 106 cm³/mol. The van der Waals surface area contributed by atoms with Gasteiger partial charge in [-0.05, 0) is 47.6 Å². The van der Waals surface area contributed by atoms with Crippen molar-refractivity contribution in [3.05, 3.63) is 46.0 Å². The SMILES string of the molecule is CS(=O)(=O)c1cc(Oc2sc(C(N)=O)c3c2-c2sncc2CC3)ccc1C#N. The van der Waals surface area contributed by atoms with E-state index in [9.17, 15) is 13.2 Å². The minimum absolute atomic E-state index is 0.0469. The second kappa shape index (κ2) is 6.70. The van der Waals surface area contributed by atoms with Gasteiger partial charge in [0.25, 0.3) is 5.91 Å². The van der Waals surface area contributed by atoms with Crippen molar-refractivity contribution in [1.82, 2.24) is 4.37 Å². The van der Waals surface area contributed by atoms with Gasteiger partial charge in [-0.15, -0.1) is 0 Å². The summed E-state index contributed by atoms with van der Waals surface area (Å²) in [5.74, 6) is -0.267. The molecule has 0 radical (unpaired) electrons. The topological polar surface area (TPSA) is 123 Å². The van der Waals surface area contributed by atoms with Gasteiger partial charge in [0.15, 0.2) is 14.9 Å². The number of carbonyl (C=O) groups excluding carboxylic acids is 1. The molecule has 1 amide bonds. The van der Waals surface area contributed by atoms with E-state index in [1.807, 2.05) is 6.07 Å². The van der Waals surface area contributed by atoms with Crippen LogP contribution in [0.1, 0.15) is 26.4 Å². The Hall–Kier alpha value is -2.74. The van der Waals surface area contributed by atoms with Crippen molar-refractivity contribution in [2.45, 2.75) is 17.7 Å². The number of amides is 1. The van der Waals surface area contributed by atoms with E-state index in [4.69, 9.17) is 15.7 Å². The minimum Gasteiger partial charge on any atom is -0.446 e. The van der Waals surface area contributed by atoms with Gasteiger partial charge in [-0.1, -0.05) is 11.3 Å². The van der Waals surface area contributed by atoms with Crippen LogP contribution in [0.15, 0.2) is 29.3 Å². The van der Waals surface area contributed by atoms with Crippen molar-refractivity contribution in [1.29, 1.82) is 5.26 Å². The third-order valence-electron chi connectivity index (χ3n) is 4.40. The lowest BCUT2D eigenvalue weighted by atomic mass is 9.93. The molecule has 0 spiro atoms. The first kappa shape index (κ1) is 18.6. The zero-order valence-electron chi connectivity index (χ0n) is 14.6. The highest BCUT2D eigenvalue weighted by Crippen LogP contribution is 2.50. The summed E-state index contributed by atoms with van der Waals surface area (Å²) in [5.41, 5.74) is 8.29. The highest BCUT2D eigenvalue weighted by molar-refractivity contribution is 7.90. The molecule has 0 fully saturated rings. The molecule has 1 aliphatic rings. The first-order valence-corrected chi connectivity index (χ1v) is 11.6. The van der Waals surface area contributed by atoms with Crippen molar-refractivity contribution < 1.29 is 17.9 Å². The van der Waals surface area contributed by atoms with Gasteiger partial charge < -0.3 is 10.5 Å². The number of thiophene rings is 1. The van der Waals surface area contributed by atoms with Gasteiger partial charge in [-0.25, -0.2) is 12.8 Å². The monoisotopic (exact) mass is 431 g/mol. The predicted octanol–water partition coefficient (Wildman–Crippen LogP) is 3.14. The summed E-state index contributed by atoms with van der Waals surface area (Å²) in [7, 11) is -3.61. The number of nitriles is 1. The lowest BCUT2D eigenvalue weighted by molar-refractivity contribution is 0.100. The molecule has 0 aliphatic heterocycles.